The average Bonchev–Trinajstić information content (AvgIpc) is 3.10. The van der Waals surface area contributed by atoms with Gasteiger partial charge in [-0.3, -0.25) is 14.5 Å². The van der Waals surface area contributed by atoms with Crippen molar-refractivity contribution in [1.29, 1.82) is 0 Å². The van der Waals surface area contributed by atoms with Gasteiger partial charge in [0.2, 0.25) is 5.91 Å². The molecular formula is C19H16FN3O3S. The number of primary amides is 1. The predicted octanol–water partition coefficient (Wildman–Crippen LogP) is 3.64. The van der Waals surface area contributed by atoms with Crippen LogP contribution in [0.3, 0.4) is 0 Å². The molecule has 0 saturated carbocycles. The summed E-state index contributed by atoms with van der Waals surface area (Å²) in [7, 11) is 0. The van der Waals surface area contributed by atoms with Crippen LogP contribution in [0.5, 0.6) is 5.75 Å². The fourth-order valence-electron chi connectivity index (χ4n) is 2.45. The highest BCUT2D eigenvalue weighted by atomic mass is 32.1. The van der Waals surface area contributed by atoms with E-state index < -0.39 is 11.7 Å². The number of carbonyl (C=O) groups is 2. The normalized spacial score (nSPS) is 10.4. The van der Waals surface area contributed by atoms with E-state index in [9.17, 15) is 14.0 Å². The van der Waals surface area contributed by atoms with Gasteiger partial charge in [0, 0.05) is 12.3 Å². The first-order valence-electron chi connectivity index (χ1n) is 7.98. The van der Waals surface area contributed by atoms with Gasteiger partial charge in [-0.25, -0.2) is 9.37 Å². The third-order valence-electron chi connectivity index (χ3n) is 3.67. The van der Waals surface area contributed by atoms with E-state index in [0.29, 0.717) is 16.6 Å². The van der Waals surface area contributed by atoms with E-state index in [1.54, 1.807) is 41.8 Å². The van der Waals surface area contributed by atoms with Gasteiger partial charge >= 0.3 is 0 Å². The van der Waals surface area contributed by atoms with Crippen molar-refractivity contribution in [3.63, 3.8) is 0 Å². The number of ether oxygens (including phenoxy) is 1. The van der Waals surface area contributed by atoms with E-state index in [1.165, 1.54) is 35.3 Å². The molecule has 0 aliphatic rings. The summed E-state index contributed by atoms with van der Waals surface area (Å²) in [6.45, 7) is 1.41. The average molecular weight is 385 g/mol. The molecule has 0 bridgehead atoms. The number of aromatic nitrogens is 1. The molecule has 8 heteroatoms. The highest BCUT2D eigenvalue weighted by Crippen LogP contribution is 2.31. The Morgan fingerprint density at radius 2 is 1.89 bits per heavy atom. The number of hydrogen-bond donors (Lipinski definition) is 1. The van der Waals surface area contributed by atoms with Gasteiger partial charge in [0.15, 0.2) is 5.13 Å². The minimum Gasteiger partial charge on any atom is -0.486 e. The number of halogens is 1. The quantitative estimate of drug-likeness (QED) is 0.702. The summed E-state index contributed by atoms with van der Waals surface area (Å²) >= 11 is 1.19. The number of carbonyl (C=O) groups excluding carboxylic acids is 2. The molecule has 0 aliphatic heterocycles. The number of thiazole rings is 1. The zero-order valence-corrected chi connectivity index (χ0v) is 15.2. The number of benzene rings is 2. The van der Waals surface area contributed by atoms with E-state index in [-0.39, 0.29) is 23.8 Å². The Bertz CT molecular complexity index is 990. The number of nitrogens with two attached hydrogens (primary N) is 1. The first kappa shape index (κ1) is 18.5. The van der Waals surface area contributed by atoms with Crippen LogP contribution in [0.1, 0.15) is 23.0 Å². The van der Waals surface area contributed by atoms with Crippen LogP contribution in [0.4, 0.5) is 15.2 Å². The van der Waals surface area contributed by atoms with Crippen LogP contribution < -0.4 is 15.4 Å². The van der Waals surface area contributed by atoms with E-state index in [4.69, 9.17) is 10.5 Å². The maximum Gasteiger partial charge on any atom is 0.252 e. The fraction of sp³-hybridized carbons (Fsp3) is 0.105. The topological polar surface area (TPSA) is 85.5 Å². The second-order valence-electron chi connectivity index (χ2n) is 5.58. The third-order valence-corrected chi connectivity index (χ3v) is 4.54. The molecule has 0 atom stereocenters. The van der Waals surface area contributed by atoms with Crippen molar-refractivity contribution in [3.05, 3.63) is 71.0 Å². The van der Waals surface area contributed by atoms with Gasteiger partial charge in [-0.15, -0.1) is 11.3 Å². The minimum atomic E-state index is -0.591. The molecule has 138 valence electrons. The minimum absolute atomic E-state index is 0.0732. The summed E-state index contributed by atoms with van der Waals surface area (Å²) in [5.74, 6) is -1.12. The number of anilines is 2. The molecule has 0 radical (unpaired) electrons. The number of nitrogens with zero attached hydrogens (tertiary/aromatic N) is 2. The first-order valence-corrected chi connectivity index (χ1v) is 8.86. The monoisotopic (exact) mass is 385 g/mol. The van der Waals surface area contributed by atoms with E-state index >= 15 is 0 Å². The molecule has 27 heavy (non-hydrogen) atoms. The van der Waals surface area contributed by atoms with Gasteiger partial charge in [-0.1, -0.05) is 24.3 Å². The molecule has 3 rings (SSSR count). The highest BCUT2D eigenvalue weighted by molar-refractivity contribution is 7.14. The maximum absolute atomic E-state index is 14.1. The third kappa shape index (κ3) is 4.12. The number of para-hydroxylation sites is 2. The molecule has 1 aromatic heterocycles. The van der Waals surface area contributed by atoms with Crippen molar-refractivity contribution < 1.29 is 18.7 Å². The summed E-state index contributed by atoms with van der Waals surface area (Å²) in [5, 5.41) is 2.04. The molecule has 0 spiro atoms. The van der Waals surface area contributed by atoms with Crippen LogP contribution >= 0.6 is 11.3 Å². The Morgan fingerprint density at radius 3 is 2.59 bits per heavy atom. The molecular weight excluding hydrogens is 369 g/mol. The van der Waals surface area contributed by atoms with Gasteiger partial charge in [-0.2, -0.15) is 0 Å². The number of rotatable bonds is 6. The van der Waals surface area contributed by atoms with Crippen LogP contribution in [0.25, 0.3) is 0 Å². The number of hydrogen-bond acceptors (Lipinski definition) is 5. The summed E-state index contributed by atoms with van der Waals surface area (Å²) in [5.41, 5.74) is 6.26. The van der Waals surface area contributed by atoms with E-state index in [1.807, 2.05) is 0 Å². The number of amides is 2. The Kier molecular flexibility index (Phi) is 5.46. The summed E-state index contributed by atoms with van der Waals surface area (Å²) in [6.07, 6.45) is 0. The zero-order chi connectivity index (χ0) is 19.4. The van der Waals surface area contributed by atoms with Crippen molar-refractivity contribution in [2.75, 3.05) is 4.90 Å². The second-order valence-corrected chi connectivity index (χ2v) is 6.41. The van der Waals surface area contributed by atoms with Crippen LogP contribution in [0.15, 0.2) is 53.9 Å². The molecule has 0 aliphatic carbocycles. The van der Waals surface area contributed by atoms with Crippen molar-refractivity contribution in [3.8, 4) is 5.75 Å². The lowest BCUT2D eigenvalue weighted by Gasteiger charge is -2.18. The Morgan fingerprint density at radius 1 is 1.19 bits per heavy atom. The van der Waals surface area contributed by atoms with Crippen LogP contribution in [0.2, 0.25) is 0 Å². The molecule has 0 fully saturated rings. The smallest absolute Gasteiger partial charge is 0.252 e. The molecule has 2 aromatic carbocycles. The Hall–Kier alpha value is -3.26. The Balaban J connectivity index is 1.81. The highest BCUT2D eigenvalue weighted by Gasteiger charge is 2.21. The van der Waals surface area contributed by atoms with Crippen LogP contribution in [0, 0.1) is 5.82 Å². The Labute approximate surface area is 159 Å². The van der Waals surface area contributed by atoms with E-state index in [0.717, 1.165) is 0 Å². The standard InChI is InChI=1S/C19H16FN3O3S/c1-12(24)23(16-8-4-3-7-15(16)20)19-22-13(11-27-19)10-26-17-9-5-2-6-14(17)18(21)25/h2-9,11H,10H2,1H3,(H2,21,25). The lowest BCUT2D eigenvalue weighted by Crippen LogP contribution is -2.23. The predicted molar refractivity (Wildman–Crippen MR) is 101 cm³/mol. The molecule has 1 heterocycles. The first-order chi connectivity index (χ1) is 13.0. The molecule has 0 unspecified atom stereocenters. The lowest BCUT2D eigenvalue weighted by atomic mass is 10.2. The molecule has 6 nitrogen and oxygen atoms in total. The molecule has 2 amide bonds. The fourth-order valence-corrected chi connectivity index (χ4v) is 3.32. The molecule has 0 saturated heterocycles. The largest absolute Gasteiger partial charge is 0.486 e. The zero-order valence-electron chi connectivity index (χ0n) is 14.4. The van der Waals surface area contributed by atoms with Gasteiger partial charge < -0.3 is 10.5 Å². The van der Waals surface area contributed by atoms with Gasteiger partial charge in [0.1, 0.15) is 18.2 Å². The van der Waals surface area contributed by atoms with Crippen molar-refractivity contribution in [2.45, 2.75) is 13.5 Å². The van der Waals surface area contributed by atoms with Gasteiger partial charge in [0.05, 0.1) is 16.9 Å². The maximum atomic E-state index is 14.1. The van der Waals surface area contributed by atoms with Crippen molar-refractivity contribution >= 4 is 34.0 Å². The van der Waals surface area contributed by atoms with Crippen molar-refractivity contribution in [2.24, 2.45) is 5.73 Å². The van der Waals surface area contributed by atoms with Crippen LogP contribution in [-0.2, 0) is 11.4 Å². The van der Waals surface area contributed by atoms with Crippen molar-refractivity contribution in [1.82, 2.24) is 4.98 Å². The summed E-state index contributed by atoms with van der Waals surface area (Å²) in [4.78, 5) is 29.1. The molecule has 2 N–H and O–H groups in total. The van der Waals surface area contributed by atoms with E-state index in [2.05, 4.69) is 4.98 Å². The summed E-state index contributed by atoms with van der Waals surface area (Å²) in [6, 6.07) is 12.6. The van der Waals surface area contributed by atoms with Gasteiger partial charge in [0.25, 0.3) is 5.91 Å². The second kappa shape index (κ2) is 7.96. The molecule has 3 aromatic rings. The SMILES string of the molecule is CC(=O)N(c1nc(COc2ccccc2C(N)=O)cs1)c1ccccc1F. The van der Waals surface area contributed by atoms with Crippen LogP contribution in [-0.4, -0.2) is 16.8 Å². The van der Waals surface area contributed by atoms with Gasteiger partial charge in [-0.05, 0) is 24.3 Å². The summed E-state index contributed by atoms with van der Waals surface area (Å²) < 4.78 is 19.7. The lowest BCUT2D eigenvalue weighted by molar-refractivity contribution is -0.115.